The van der Waals surface area contributed by atoms with Crippen LogP contribution in [-0.2, 0) is 14.3 Å². The first-order chi connectivity index (χ1) is 23.1. The predicted octanol–water partition coefficient (Wildman–Crippen LogP) is 8.30. The third kappa shape index (κ3) is 10.7. The zero-order valence-corrected chi connectivity index (χ0v) is 28.4. The van der Waals surface area contributed by atoms with Gasteiger partial charge in [0.25, 0.3) is 11.8 Å². The van der Waals surface area contributed by atoms with E-state index in [2.05, 4.69) is 29.8 Å². The summed E-state index contributed by atoms with van der Waals surface area (Å²) in [6.07, 6.45) is 3.41. The molecule has 248 valence electrons. The second kappa shape index (κ2) is 17.7. The van der Waals surface area contributed by atoms with Crippen molar-refractivity contribution in [2.24, 2.45) is 0 Å². The van der Waals surface area contributed by atoms with Crippen molar-refractivity contribution in [1.29, 1.82) is 0 Å². The van der Waals surface area contributed by atoms with Crippen LogP contribution in [0.25, 0.3) is 6.08 Å². The zero-order chi connectivity index (χ0) is 34.5. The zero-order valence-electron chi connectivity index (χ0n) is 27.6. The first-order valence-corrected chi connectivity index (χ1v) is 16.8. The Morgan fingerprint density at radius 3 is 2.00 bits per heavy atom. The van der Waals surface area contributed by atoms with Gasteiger partial charge >= 0.3 is 5.97 Å². The number of esters is 1. The third-order valence-corrected chi connectivity index (χ3v) is 8.47. The molecule has 0 saturated heterocycles. The smallest absolute Gasteiger partial charge is 0.338 e. The number of ether oxygens (including phenoxy) is 1. The Balaban J connectivity index is 1.37. The molecule has 0 aliphatic heterocycles. The molecule has 3 N–H and O–H groups in total. The third-order valence-electron chi connectivity index (χ3n) is 7.36. The van der Waals surface area contributed by atoms with Crippen LogP contribution in [0.15, 0.2) is 114 Å². The molecule has 0 aliphatic carbocycles. The number of amides is 3. The molecule has 4 rings (SSSR count). The minimum Gasteiger partial charge on any atom is -0.462 e. The maximum Gasteiger partial charge on any atom is 0.338 e. The topological polar surface area (TPSA) is 114 Å². The number of hydrogen-bond acceptors (Lipinski definition) is 6. The van der Waals surface area contributed by atoms with Gasteiger partial charge in [0.2, 0.25) is 5.91 Å². The SMILES string of the molecule is CCCCOC(=O)c1ccc(NC(=O)C(C)Sc2ccc(NC(=O)/C(=C/c3ccc(C(C)C)cc3)NC(=O)c3ccccc3)cc2)cc1. The van der Waals surface area contributed by atoms with Crippen LogP contribution in [0.2, 0.25) is 0 Å². The molecule has 4 aromatic rings. The summed E-state index contributed by atoms with van der Waals surface area (Å²) in [5.74, 6) is -1.07. The van der Waals surface area contributed by atoms with Crippen molar-refractivity contribution in [1.82, 2.24) is 5.32 Å². The first kappa shape index (κ1) is 35.7. The van der Waals surface area contributed by atoms with Crippen molar-refractivity contribution >= 4 is 52.9 Å². The molecule has 0 aromatic heterocycles. The Kier molecular flexibility index (Phi) is 13.1. The number of nitrogens with one attached hydrogen (secondary N) is 3. The summed E-state index contributed by atoms with van der Waals surface area (Å²) in [5, 5.41) is 8.09. The summed E-state index contributed by atoms with van der Waals surface area (Å²) >= 11 is 1.37. The molecule has 0 bridgehead atoms. The molecule has 0 fully saturated rings. The molecule has 0 radical (unpaired) electrons. The van der Waals surface area contributed by atoms with Gasteiger partial charge in [0.15, 0.2) is 0 Å². The minimum absolute atomic E-state index is 0.103. The van der Waals surface area contributed by atoms with Gasteiger partial charge in [-0.15, -0.1) is 11.8 Å². The molecule has 0 saturated carbocycles. The van der Waals surface area contributed by atoms with Gasteiger partial charge in [-0.05, 0) is 97.1 Å². The minimum atomic E-state index is -0.472. The lowest BCUT2D eigenvalue weighted by atomic mass is 10.0. The fourth-order valence-corrected chi connectivity index (χ4v) is 5.35. The maximum atomic E-state index is 13.4. The summed E-state index contributed by atoms with van der Waals surface area (Å²) < 4.78 is 5.23. The predicted molar refractivity (Wildman–Crippen MR) is 193 cm³/mol. The highest BCUT2D eigenvalue weighted by Gasteiger charge is 2.17. The number of rotatable bonds is 14. The fraction of sp³-hybridized carbons (Fsp3) is 0.231. The van der Waals surface area contributed by atoms with Crippen LogP contribution < -0.4 is 16.0 Å². The summed E-state index contributed by atoms with van der Waals surface area (Å²) in [4.78, 5) is 52.2. The van der Waals surface area contributed by atoms with Crippen LogP contribution in [0, 0.1) is 0 Å². The van der Waals surface area contributed by atoms with Gasteiger partial charge in [0.05, 0.1) is 17.4 Å². The Morgan fingerprint density at radius 2 is 1.38 bits per heavy atom. The molecule has 0 heterocycles. The Hall–Kier alpha value is -5.15. The molecule has 1 atom stereocenters. The van der Waals surface area contributed by atoms with Crippen molar-refractivity contribution in [3.8, 4) is 0 Å². The van der Waals surface area contributed by atoms with Crippen LogP contribution in [0.4, 0.5) is 11.4 Å². The lowest BCUT2D eigenvalue weighted by molar-refractivity contribution is -0.115. The van der Waals surface area contributed by atoms with Crippen LogP contribution in [-0.4, -0.2) is 35.5 Å². The molecule has 1 unspecified atom stereocenters. The normalized spacial score (nSPS) is 11.8. The van der Waals surface area contributed by atoms with E-state index in [-0.39, 0.29) is 17.6 Å². The maximum absolute atomic E-state index is 13.4. The number of anilines is 2. The molecule has 9 heteroatoms. The Labute approximate surface area is 286 Å². The standard InChI is InChI=1S/C39H41N3O5S/c1-5-6-24-47-39(46)31-16-18-32(19-17-31)40-36(43)27(4)48-34-22-20-33(21-23-34)41-38(45)35(42-37(44)30-10-8-7-9-11-30)25-28-12-14-29(15-13-28)26(2)3/h7-23,25-27H,5-6,24H2,1-4H3,(H,40,43)(H,41,45)(H,42,44)/b35-25-. The number of thioether (sulfide) groups is 1. The Morgan fingerprint density at radius 1 is 0.750 bits per heavy atom. The van der Waals surface area contributed by atoms with Crippen molar-refractivity contribution < 1.29 is 23.9 Å². The average Bonchev–Trinajstić information content (AvgIpc) is 3.09. The van der Waals surface area contributed by atoms with Crippen LogP contribution in [0.3, 0.4) is 0 Å². The summed E-state index contributed by atoms with van der Waals surface area (Å²) in [6, 6.07) is 30.3. The number of carbonyl (C=O) groups is 4. The van der Waals surface area contributed by atoms with E-state index >= 15 is 0 Å². The van der Waals surface area contributed by atoms with Crippen LogP contribution >= 0.6 is 11.8 Å². The number of benzene rings is 4. The van der Waals surface area contributed by atoms with E-state index < -0.39 is 17.1 Å². The average molecular weight is 664 g/mol. The number of carbonyl (C=O) groups excluding carboxylic acids is 4. The second-order valence-corrected chi connectivity index (χ2v) is 12.9. The first-order valence-electron chi connectivity index (χ1n) is 16.0. The fourth-order valence-electron chi connectivity index (χ4n) is 4.49. The van der Waals surface area contributed by atoms with E-state index in [1.165, 1.54) is 17.3 Å². The van der Waals surface area contributed by atoms with Crippen molar-refractivity contribution in [3.63, 3.8) is 0 Å². The highest BCUT2D eigenvalue weighted by Crippen LogP contribution is 2.26. The van der Waals surface area contributed by atoms with E-state index in [1.54, 1.807) is 73.7 Å². The van der Waals surface area contributed by atoms with Crippen molar-refractivity contribution in [2.45, 2.75) is 56.6 Å². The highest BCUT2D eigenvalue weighted by molar-refractivity contribution is 8.00. The monoisotopic (exact) mass is 663 g/mol. The van der Waals surface area contributed by atoms with Crippen molar-refractivity contribution in [2.75, 3.05) is 17.2 Å². The van der Waals surface area contributed by atoms with Crippen molar-refractivity contribution in [3.05, 3.63) is 131 Å². The summed E-state index contributed by atoms with van der Waals surface area (Å²) in [6.45, 7) is 8.43. The summed E-state index contributed by atoms with van der Waals surface area (Å²) in [7, 11) is 0. The quantitative estimate of drug-likeness (QED) is 0.0542. The Bertz CT molecular complexity index is 1720. The van der Waals surface area contributed by atoms with E-state index in [0.29, 0.717) is 35.0 Å². The molecule has 3 amide bonds. The molecular weight excluding hydrogens is 623 g/mol. The van der Waals surface area contributed by atoms with Crippen LogP contribution in [0.1, 0.15) is 78.3 Å². The number of unbranched alkanes of at least 4 members (excludes halogenated alkanes) is 1. The lowest BCUT2D eigenvalue weighted by Gasteiger charge is -2.14. The van der Waals surface area contributed by atoms with Gasteiger partial charge in [-0.1, -0.05) is 69.7 Å². The van der Waals surface area contributed by atoms with Gasteiger partial charge in [0, 0.05) is 21.8 Å². The lowest BCUT2D eigenvalue weighted by Crippen LogP contribution is -2.30. The molecule has 8 nitrogen and oxygen atoms in total. The highest BCUT2D eigenvalue weighted by atomic mass is 32.2. The molecule has 0 spiro atoms. The molecular formula is C39H41N3O5S. The van der Waals surface area contributed by atoms with Gasteiger partial charge in [-0.2, -0.15) is 0 Å². The van der Waals surface area contributed by atoms with Crippen LogP contribution in [0.5, 0.6) is 0 Å². The second-order valence-electron chi connectivity index (χ2n) is 11.5. The van der Waals surface area contributed by atoms with Gasteiger partial charge in [0.1, 0.15) is 5.70 Å². The van der Waals surface area contributed by atoms with Gasteiger partial charge in [-0.25, -0.2) is 4.79 Å². The number of hydrogen-bond donors (Lipinski definition) is 3. The van der Waals surface area contributed by atoms with E-state index in [1.807, 2.05) is 49.4 Å². The summed E-state index contributed by atoms with van der Waals surface area (Å²) in [5.41, 5.74) is 4.03. The molecule has 4 aromatic carbocycles. The van der Waals surface area contributed by atoms with Gasteiger partial charge < -0.3 is 20.7 Å². The molecule has 0 aliphatic rings. The van der Waals surface area contributed by atoms with E-state index in [9.17, 15) is 19.2 Å². The van der Waals surface area contributed by atoms with Gasteiger partial charge in [-0.3, -0.25) is 14.4 Å². The van der Waals surface area contributed by atoms with E-state index in [0.717, 1.165) is 23.3 Å². The molecule has 48 heavy (non-hydrogen) atoms. The largest absolute Gasteiger partial charge is 0.462 e. The van der Waals surface area contributed by atoms with E-state index in [4.69, 9.17) is 4.74 Å².